The van der Waals surface area contributed by atoms with E-state index in [-0.39, 0.29) is 23.7 Å². The lowest BCUT2D eigenvalue weighted by molar-refractivity contribution is -0.183. The number of fused-ring (bicyclic) bond motifs is 3. The quantitative estimate of drug-likeness (QED) is 0.240. The summed E-state index contributed by atoms with van der Waals surface area (Å²) in [7, 11) is 0. The van der Waals surface area contributed by atoms with Crippen molar-refractivity contribution in [2.75, 3.05) is 6.61 Å². The molecular formula is C26H34O9. The van der Waals surface area contributed by atoms with Crippen molar-refractivity contribution in [2.45, 2.75) is 90.2 Å². The Morgan fingerprint density at radius 2 is 1.80 bits per heavy atom. The second-order valence-corrected chi connectivity index (χ2v) is 10.1. The van der Waals surface area contributed by atoms with E-state index in [0.717, 1.165) is 11.1 Å². The van der Waals surface area contributed by atoms with Gasteiger partial charge in [-0.3, -0.25) is 14.4 Å². The number of carbonyl (C=O) groups excluding carboxylic acids is 3. The first-order valence-electron chi connectivity index (χ1n) is 12.0. The van der Waals surface area contributed by atoms with Gasteiger partial charge >= 0.3 is 17.9 Å². The van der Waals surface area contributed by atoms with Crippen LogP contribution in [0.2, 0.25) is 0 Å². The zero-order chi connectivity index (χ0) is 25.5. The molecule has 0 aromatic rings. The van der Waals surface area contributed by atoms with Gasteiger partial charge < -0.3 is 28.4 Å². The zero-order valence-corrected chi connectivity index (χ0v) is 20.9. The third-order valence-electron chi connectivity index (χ3n) is 6.92. The van der Waals surface area contributed by atoms with E-state index < -0.39 is 42.3 Å². The van der Waals surface area contributed by atoms with Crippen LogP contribution in [0.5, 0.6) is 0 Å². The maximum Gasteiger partial charge on any atom is 0.305 e. The molecule has 9 nitrogen and oxygen atoms in total. The second kappa shape index (κ2) is 9.78. The van der Waals surface area contributed by atoms with Crippen molar-refractivity contribution >= 4 is 17.9 Å². The van der Waals surface area contributed by atoms with E-state index in [1.165, 1.54) is 27.0 Å². The van der Waals surface area contributed by atoms with Crippen molar-refractivity contribution < 1.29 is 42.8 Å². The molecule has 1 aliphatic carbocycles. The molecule has 7 unspecified atom stereocenters. The fourth-order valence-electron chi connectivity index (χ4n) is 5.39. The Morgan fingerprint density at radius 1 is 1.11 bits per heavy atom. The van der Waals surface area contributed by atoms with Crippen LogP contribution in [-0.2, 0) is 42.8 Å². The molecular weight excluding hydrogens is 456 g/mol. The smallest absolute Gasteiger partial charge is 0.305 e. The average molecular weight is 491 g/mol. The Kier molecular flexibility index (Phi) is 7.11. The van der Waals surface area contributed by atoms with E-state index in [0.29, 0.717) is 31.4 Å². The fraction of sp³-hybridized carbons (Fsp3) is 0.654. The van der Waals surface area contributed by atoms with E-state index >= 15 is 0 Å². The number of rotatable bonds is 6. The Morgan fingerprint density at radius 3 is 2.37 bits per heavy atom. The minimum atomic E-state index is -0.924. The van der Waals surface area contributed by atoms with E-state index in [1.807, 2.05) is 13.8 Å². The topological polar surface area (TPSA) is 113 Å². The van der Waals surface area contributed by atoms with Gasteiger partial charge in [0.15, 0.2) is 12.2 Å². The van der Waals surface area contributed by atoms with E-state index in [9.17, 15) is 14.4 Å². The van der Waals surface area contributed by atoms with Crippen molar-refractivity contribution in [3.05, 3.63) is 35.6 Å². The van der Waals surface area contributed by atoms with Gasteiger partial charge in [-0.25, -0.2) is 0 Å². The molecule has 0 bridgehead atoms. The van der Waals surface area contributed by atoms with Gasteiger partial charge in [-0.15, -0.1) is 0 Å². The molecule has 192 valence electrons. The number of allylic oxidation sites excluding steroid dienone is 1. The summed E-state index contributed by atoms with van der Waals surface area (Å²) in [6.45, 7) is 12.6. The van der Waals surface area contributed by atoms with E-state index in [4.69, 9.17) is 28.4 Å². The number of hydrogen-bond acceptors (Lipinski definition) is 9. The first kappa shape index (κ1) is 25.4. The van der Waals surface area contributed by atoms with Crippen molar-refractivity contribution in [3.63, 3.8) is 0 Å². The summed E-state index contributed by atoms with van der Waals surface area (Å²) in [5, 5.41) is 0. The van der Waals surface area contributed by atoms with Gasteiger partial charge in [-0.05, 0) is 39.2 Å². The molecule has 3 fully saturated rings. The zero-order valence-electron chi connectivity index (χ0n) is 20.9. The van der Waals surface area contributed by atoms with Gasteiger partial charge in [0.2, 0.25) is 6.29 Å². The summed E-state index contributed by atoms with van der Waals surface area (Å²) in [6.07, 6.45) is 2.51. The summed E-state index contributed by atoms with van der Waals surface area (Å²) in [5.41, 5.74) is 2.03. The average Bonchev–Trinajstić information content (AvgIpc) is 3.64. The largest absolute Gasteiger partial charge is 0.462 e. The third kappa shape index (κ3) is 5.62. The Balaban J connectivity index is 1.75. The number of esters is 3. The molecule has 0 radical (unpaired) electrons. The first-order valence-corrected chi connectivity index (χ1v) is 12.0. The van der Waals surface area contributed by atoms with Gasteiger partial charge in [0.1, 0.15) is 11.7 Å². The third-order valence-corrected chi connectivity index (χ3v) is 6.92. The summed E-state index contributed by atoms with van der Waals surface area (Å²) >= 11 is 0. The summed E-state index contributed by atoms with van der Waals surface area (Å²) < 4.78 is 34.6. The molecule has 9 heteroatoms. The number of ether oxygens (including phenoxy) is 6. The molecule has 3 aliphatic heterocycles. The molecule has 0 amide bonds. The maximum atomic E-state index is 12.2. The lowest BCUT2D eigenvalue weighted by Gasteiger charge is -2.41. The Hall–Kier alpha value is -2.65. The molecule has 1 spiro atoms. The molecule has 0 N–H and O–H groups in total. The summed E-state index contributed by atoms with van der Waals surface area (Å²) in [6, 6.07) is 0. The summed E-state index contributed by atoms with van der Waals surface area (Å²) in [4.78, 5) is 36.0. The normalized spacial score (nSPS) is 34.7. The predicted molar refractivity (Wildman–Crippen MR) is 123 cm³/mol. The molecule has 1 saturated carbocycles. The minimum Gasteiger partial charge on any atom is -0.462 e. The van der Waals surface area contributed by atoms with Crippen LogP contribution < -0.4 is 0 Å². The van der Waals surface area contributed by atoms with Crippen LogP contribution in [-0.4, -0.2) is 60.8 Å². The van der Waals surface area contributed by atoms with Crippen molar-refractivity contribution in [2.24, 2.45) is 11.8 Å². The molecule has 3 heterocycles. The van der Waals surface area contributed by atoms with Gasteiger partial charge in [-0.1, -0.05) is 17.7 Å². The molecule has 4 aliphatic rings. The first-order chi connectivity index (χ1) is 16.5. The summed E-state index contributed by atoms with van der Waals surface area (Å²) in [5.74, 6) is -2.16. The minimum absolute atomic E-state index is 0.000167. The highest BCUT2D eigenvalue weighted by molar-refractivity contribution is 5.68. The van der Waals surface area contributed by atoms with Crippen LogP contribution in [0, 0.1) is 11.8 Å². The fourth-order valence-corrected chi connectivity index (χ4v) is 5.39. The SMILES string of the molecule is C=C1CC2OC2C2(CCC3C([C@@H](OC(C)=O)C(C=C(C)C)OC(C)=O)=COC(OC(C)=O)C13)CO2. The van der Waals surface area contributed by atoms with Gasteiger partial charge in [0.25, 0.3) is 0 Å². The lowest BCUT2D eigenvalue weighted by Crippen LogP contribution is -2.45. The lowest BCUT2D eigenvalue weighted by atomic mass is 9.73. The molecule has 35 heavy (non-hydrogen) atoms. The highest BCUT2D eigenvalue weighted by Crippen LogP contribution is 2.54. The van der Waals surface area contributed by atoms with Crippen molar-refractivity contribution in [3.8, 4) is 0 Å². The van der Waals surface area contributed by atoms with Crippen molar-refractivity contribution in [1.82, 2.24) is 0 Å². The molecule has 8 atom stereocenters. The van der Waals surface area contributed by atoms with Gasteiger partial charge in [0, 0.05) is 32.3 Å². The number of epoxide rings is 2. The van der Waals surface area contributed by atoms with Crippen LogP contribution in [0.1, 0.15) is 53.9 Å². The van der Waals surface area contributed by atoms with E-state index in [2.05, 4.69) is 6.58 Å². The second-order valence-electron chi connectivity index (χ2n) is 10.1. The highest BCUT2D eigenvalue weighted by atomic mass is 16.7. The van der Waals surface area contributed by atoms with E-state index in [1.54, 1.807) is 6.08 Å². The number of hydrogen-bond donors (Lipinski definition) is 0. The van der Waals surface area contributed by atoms with Crippen LogP contribution in [0.15, 0.2) is 35.6 Å². The highest BCUT2D eigenvalue weighted by Gasteiger charge is 2.64. The monoisotopic (exact) mass is 490 g/mol. The molecule has 4 rings (SSSR count). The number of carbonyl (C=O) groups is 3. The molecule has 0 aromatic heterocycles. The van der Waals surface area contributed by atoms with Crippen molar-refractivity contribution in [1.29, 1.82) is 0 Å². The van der Waals surface area contributed by atoms with Gasteiger partial charge in [0.05, 0.1) is 24.9 Å². The van der Waals surface area contributed by atoms with Crippen LogP contribution in [0.3, 0.4) is 0 Å². The van der Waals surface area contributed by atoms with Crippen LogP contribution in [0.4, 0.5) is 0 Å². The predicted octanol–water partition coefficient (Wildman–Crippen LogP) is 3.13. The Bertz CT molecular complexity index is 956. The molecule has 2 saturated heterocycles. The Labute approximate surface area is 205 Å². The van der Waals surface area contributed by atoms with Gasteiger partial charge in [-0.2, -0.15) is 0 Å². The maximum absolute atomic E-state index is 12.2. The van der Waals surface area contributed by atoms with Crippen LogP contribution >= 0.6 is 0 Å². The van der Waals surface area contributed by atoms with Crippen LogP contribution in [0.25, 0.3) is 0 Å². The standard InChI is InChI=1S/C26H34O9/c1-13(2)9-20(32-15(4)27)23(33-16(5)28)19-11-30-25(34-17(6)29)22-14(3)10-21-24(35-21)26(12-31-26)8-7-18(19)22/h9,11,18,20-25H,3,7-8,10,12H2,1-2,4-6H3/t18?,20?,21?,22?,23-,24?,25?,26?/m1/s1. The molecule has 0 aromatic carbocycles.